The third-order valence-electron chi connectivity index (χ3n) is 6.00. The van der Waals surface area contributed by atoms with Crippen molar-refractivity contribution in [2.75, 3.05) is 0 Å². The number of hydrogen-bond donors (Lipinski definition) is 3. The number of phenols is 1. The summed E-state index contributed by atoms with van der Waals surface area (Å²) in [6.07, 6.45) is 3.48. The van der Waals surface area contributed by atoms with Crippen LogP contribution in [0.2, 0.25) is 0 Å². The summed E-state index contributed by atoms with van der Waals surface area (Å²) >= 11 is 0. The number of aromatic hydroxyl groups is 1. The van der Waals surface area contributed by atoms with Gasteiger partial charge in [0.05, 0.1) is 18.2 Å². The molecule has 0 aliphatic heterocycles. The second-order valence-corrected chi connectivity index (χ2v) is 7.99. The Morgan fingerprint density at radius 2 is 1.86 bits per heavy atom. The number of rotatable bonds is 8. The lowest BCUT2D eigenvalue weighted by Crippen LogP contribution is -2.22. The second-order valence-electron chi connectivity index (χ2n) is 7.99. The molecule has 0 bridgehead atoms. The van der Waals surface area contributed by atoms with E-state index in [1.165, 1.54) is 11.1 Å². The molecule has 1 atom stereocenters. The molecule has 1 aromatic heterocycles. The Hall–Kier alpha value is -2.83. The largest absolute Gasteiger partial charge is 0.507 e. The zero-order chi connectivity index (χ0) is 21.3. The van der Waals surface area contributed by atoms with Crippen LogP contribution in [-0.2, 0) is 35.4 Å². The van der Waals surface area contributed by atoms with Crippen molar-refractivity contribution in [1.29, 1.82) is 0 Å². The van der Waals surface area contributed by atoms with Crippen LogP contribution < -0.4 is 0 Å². The Morgan fingerprint density at radius 1 is 1.17 bits per heavy atom. The van der Waals surface area contributed by atoms with E-state index in [-0.39, 0.29) is 19.4 Å². The van der Waals surface area contributed by atoms with E-state index < -0.39 is 17.9 Å². The van der Waals surface area contributed by atoms with Gasteiger partial charge in [-0.15, -0.1) is 0 Å². The quantitative estimate of drug-likeness (QED) is 0.627. The lowest BCUT2D eigenvalue weighted by atomic mass is 9.93. The molecule has 0 fully saturated rings. The Labute approximate surface area is 170 Å². The van der Waals surface area contributed by atoms with E-state index in [0.29, 0.717) is 12.2 Å². The highest BCUT2D eigenvalue weighted by Crippen LogP contribution is 2.36. The van der Waals surface area contributed by atoms with Gasteiger partial charge in [-0.3, -0.25) is 14.3 Å². The molecule has 0 saturated heterocycles. The van der Waals surface area contributed by atoms with Crippen molar-refractivity contribution >= 4 is 11.9 Å². The van der Waals surface area contributed by atoms with Crippen LogP contribution in [0.1, 0.15) is 58.5 Å². The van der Waals surface area contributed by atoms with E-state index in [1.54, 1.807) is 4.68 Å². The summed E-state index contributed by atoms with van der Waals surface area (Å²) in [5, 5.41) is 33.2. The summed E-state index contributed by atoms with van der Waals surface area (Å²) in [6.45, 7) is 5.92. The number of fused-ring (bicyclic) bond motifs is 1. The minimum absolute atomic E-state index is 0.0724. The molecule has 1 aromatic carbocycles. The maximum Gasteiger partial charge on any atom is 0.308 e. The van der Waals surface area contributed by atoms with Gasteiger partial charge < -0.3 is 15.3 Å². The molecule has 7 nitrogen and oxygen atoms in total. The summed E-state index contributed by atoms with van der Waals surface area (Å²) in [7, 11) is 0. The number of aliphatic carboxylic acids is 2. The number of aryl methyl sites for hydroxylation is 2. The van der Waals surface area contributed by atoms with Gasteiger partial charge in [-0.25, -0.2) is 0 Å². The molecule has 1 heterocycles. The number of aromatic nitrogens is 2. The molecule has 0 amide bonds. The maximum absolute atomic E-state index is 11.6. The van der Waals surface area contributed by atoms with Crippen molar-refractivity contribution in [2.45, 2.75) is 65.8 Å². The highest BCUT2D eigenvalue weighted by atomic mass is 16.4. The van der Waals surface area contributed by atoms with Crippen molar-refractivity contribution in [3.05, 3.63) is 45.3 Å². The fourth-order valence-corrected chi connectivity index (χ4v) is 4.33. The fourth-order valence-electron chi connectivity index (χ4n) is 4.33. The molecule has 0 saturated carbocycles. The van der Waals surface area contributed by atoms with Gasteiger partial charge in [-0.2, -0.15) is 5.10 Å². The summed E-state index contributed by atoms with van der Waals surface area (Å²) in [6, 6.07) is 2.04. The monoisotopic (exact) mass is 400 g/mol. The Kier molecular flexibility index (Phi) is 5.96. The SMILES string of the molecule is Cc1cc(Cc2c(C)nn(CC(CCC(=O)O)C(=O)O)c2C)c2c(c1O)CCC2. The first-order valence-corrected chi connectivity index (χ1v) is 9.99. The van der Waals surface area contributed by atoms with Gasteiger partial charge in [0.2, 0.25) is 0 Å². The van der Waals surface area contributed by atoms with Gasteiger partial charge in [-0.05, 0) is 68.7 Å². The molecule has 0 radical (unpaired) electrons. The van der Waals surface area contributed by atoms with Gasteiger partial charge in [0.25, 0.3) is 0 Å². The normalized spacial score (nSPS) is 14.0. The molecule has 29 heavy (non-hydrogen) atoms. The van der Waals surface area contributed by atoms with E-state index in [2.05, 4.69) is 5.10 Å². The first kappa shape index (κ1) is 20.9. The number of nitrogens with zero attached hydrogens (tertiary/aromatic N) is 2. The zero-order valence-corrected chi connectivity index (χ0v) is 17.2. The van der Waals surface area contributed by atoms with Crippen LogP contribution in [0.5, 0.6) is 5.75 Å². The van der Waals surface area contributed by atoms with Crippen molar-refractivity contribution in [1.82, 2.24) is 9.78 Å². The summed E-state index contributed by atoms with van der Waals surface area (Å²) in [4.78, 5) is 22.4. The third kappa shape index (κ3) is 4.28. The fraction of sp³-hybridized carbons (Fsp3) is 0.500. The third-order valence-corrected chi connectivity index (χ3v) is 6.00. The first-order chi connectivity index (χ1) is 13.7. The maximum atomic E-state index is 11.6. The van der Waals surface area contributed by atoms with E-state index in [9.17, 15) is 19.8 Å². The lowest BCUT2D eigenvalue weighted by molar-refractivity contribution is -0.143. The minimum Gasteiger partial charge on any atom is -0.507 e. The van der Waals surface area contributed by atoms with Crippen LogP contribution in [0, 0.1) is 26.7 Å². The van der Waals surface area contributed by atoms with Gasteiger partial charge in [0.15, 0.2) is 0 Å². The molecule has 1 aliphatic carbocycles. The highest BCUT2D eigenvalue weighted by molar-refractivity contribution is 5.72. The average molecular weight is 400 g/mol. The van der Waals surface area contributed by atoms with Gasteiger partial charge in [-0.1, -0.05) is 6.07 Å². The minimum atomic E-state index is -1.01. The predicted octanol–water partition coefficient (Wildman–Crippen LogP) is 3.16. The molecule has 0 spiro atoms. The predicted molar refractivity (Wildman–Crippen MR) is 107 cm³/mol. The molecule has 3 N–H and O–H groups in total. The zero-order valence-electron chi connectivity index (χ0n) is 17.2. The summed E-state index contributed by atoms with van der Waals surface area (Å²) < 4.78 is 1.69. The molecule has 2 aromatic rings. The Morgan fingerprint density at radius 3 is 2.52 bits per heavy atom. The van der Waals surface area contributed by atoms with Gasteiger partial charge >= 0.3 is 11.9 Å². The number of carboxylic acid groups (broad SMARTS) is 2. The molecule has 7 heteroatoms. The second kappa shape index (κ2) is 8.27. The van der Waals surface area contributed by atoms with Gasteiger partial charge in [0, 0.05) is 24.1 Å². The smallest absolute Gasteiger partial charge is 0.308 e. The van der Waals surface area contributed by atoms with E-state index in [0.717, 1.165) is 47.3 Å². The molecule has 156 valence electrons. The Balaban J connectivity index is 1.87. The van der Waals surface area contributed by atoms with E-state index in [4.69, 9.17) is 5.11 Å². The molecular formula is C22H28N2O5. The van der Waals surface area contributed by atoms with Crippen LogP contribution in [-0.4, -0.2) is 37.0 Å². The average Bonchev–Trinajstić information content (AvgIpc) is 3.23. The summed E-state index contributed by atoms with van der Waals surface area (Å²) in [5.74, 6) is -2.39. The summed E-state index contributed by atoms with van der Waals surface area (Å²) in [5.41, 5.74) is 7.17. The Bertz CT molecular complexity index is 961. The lowest BCUT2D eigenvalue weighted by Gasteiger charge is -2.14. The van der Waals surface area contributed by atoms with Crippen molar-refractivity contribution in [3.63, 3.8) is 0 Å². The van der Waals surface area contributed by atoms with Crippen molar-refractivity contribution in [3.8, 4) is 5.75 Å². The van der Waals surface area contributed by atoms with Crippen LogP contribution >= 0.6 is 0 Å². The molecule has 1 unspecified atom stereocenters. The number of benzene rings is 1. The highest BCUT2D eigenvalue weighted by Gasteiger charge is 2.24. The first-order valence-electron chi connectivity index (χ1n) is 9.99. The number of carbonyl (C=O) groups is 2. The number of carboxylic acids is 2. The van der Waals surface area contributed by atoms with Crippen LogP contribution in [0.3, 0.4) is 0 Å². The number of hydrogen-bond acceptors (Lipinski definition) is 4. The molecule has 3 rings (SSSR count). The van der Waals surface area contributed by atoms with Crippen LogP contribution in [0.15, 0.2) is 6.07 Å². The van der Waals surface area contributed by atoms with E-state index in [1.807, 2.05) is 26.8 Å². The number of phenolic OH excluding ortho intramolecular Hbond substituents is 1. The van der Waals surface area contributed by atoms with Gasteiger partial charge in [0.1, 0.15) is 5.75 Å². The van der Waals surface area contributed by atoms with Crippen LogP contribution in [0.25, 0.3) is 0 Å². The molecule has 1 aliphatic rings. The van der Waals surface area contributed by atoms with Crippen molar-refractivity contribution in [2.24, 2.45) is 5.92 Å². The topological polar surface area (TPSA) is 113 Å². The van der Waals surface area contributed by atoms with Crippen LogP contribution in [0.4, 0.5) is 0 Å². The molecular weight excluding hydrogens is 372 g/mol. The van der Waals surface area contributed by atoms with Crippen molar-refractivity contribution < 1.29 is 24.9 Å². The van der Waals surface area contributed by atoms with E-state index >= 15 is 0 Å². The standard InChI is InChI=1S/C22H28N2O5/c1-12-9-16(17-5-4-6-18(17)21(12)27)10-19-13(2)23-24(14(19)3)11-15(22(28)29)7-8-20(25)26/h9,15,27H,4-8,10-11H2,1-3H3,(H,25,26)(H,28,29).